The van der Waals surface area contributed by atoms with Gasteiger partial charge in [0.05, 0.1) is 11.5 Å². The molecule has 2 atom stereocenters. The van der Waals surface area contributed by atoms with Crippen molar-refractivity contribution >= 4 is 23.6 Å². The molecule has 1 saturated heterocycles. The van der Waals surface area contributed by atoms with Gasteiger partial charge >= 0.3 is 0 Å². The van der Waals surface area contributed by atoms with Crippen molar-refractivity contribution in [3.63, 3.8) is 0 Å². The molecular formula is C14H22N4O3S. The van der Waals surface area contributed by atoms with E-state index in [4.69, 9.17) is 4.52 Å². The minimum atomic E-state index is 0.0244. The highest BCUT2D eigenvalue weighted by molar-refractivity contribution is 7.99. The molecule has 0 aromatic carbocycles. The first-order chi connectivity index (χ1) is 10.4. The first-order valence-corrected chi connectivity index (χ1v) is 8.49. The summed E-state index contributed by atoms with van der Waals surface area (Å²) in [6.45, 7) is 8.50. The van der Waals surface area contributed by atoms with Gasteiger partial charge in [0.25, 0.3) is 0 Å². The Balaban J connectivity index is 1.83. The van der Waals surface area contributed by atoms with E-state index >= 15 is 0 Å². The molecule has 1 fully saturated rings. The second-order valence-corrected chi connectivity index (χ2v) is 6.49. The van der Waals surface area contributed by atoms with Crippen LogP contribution < -0.4 is 0 Å². The zero-order valence-electron chi connectivity index (χ0n) is 13.4. The van der Waals surface area contributed by atoms with Gasteiger partial charge in [0.1, 0.15) is 0 Å². The normalized spacial score (nSPS) is 22.0. The lowest BCUT2D eigenvalue weighted by atomic mass is 10.0. The van der Waals surface area contributed by atoms with Gasteiger partial charge < -0.3 is 14.3 Å². The highest BCUT2D eigenvalue weighted by Crippen LogP contribution is 2.19. The van der Waals surface area contributed by atoms with Crippen molar-refractivity contribution in [3.05, 3.63) is 11.7 Å². The minimum absolute atomic E-state index is 0.0244. The largest absolute Gasteiger partial charge is 0.338 e. The van der Waals surface area contributed by atoms with E-state index in [1.165, 1.54) is 11.8 Å². The summed E-state index contributed by atoms with van der Waals surface area (Å²) in [7, 11) is 0. The van der Waals surface area contributed by atoms with Gasteiger partial charge in [0.15, 0.2) is 5.82 Å². The van der Waals surface area contributed by atoms with E-state index in [2.05, 4.69) is 10.1 Å². The summed E-state index contributed by atoms with van der Waals surface area (Å²) >= 11 is 1.46. The number of aryl methyl sites for hydroxylation is 1. The van der Waals surface area contributed by atoms with Crippen molar-refractivity contribution in [2.45, 2.75) is 45.5 Å². The van der Waals surface area contributed by atoms with Crippen LogP contribution in [-0.2, 0) is 15.3 Å². The lowest BCUT2D eigenvalue weighted by Crippen LogP contribution is -2.60. The van der Waals surface area contributed by atoms with Crippen LogP contribution in [0, 0.1) is 6.92 Å². The molecule has 7 nitrogen and oxygen atoms in total. The molecule has 2 rings (SSSR count). The monoisotopic (exact) mass is 326 g/mol. The SMILES string of the molecule is CC(=O)N1CCN(C(=O)CSCc2nc(C)no2)[C@H](C)[C@H]1C. The Bertz CT molecular complexity index is 548. The number of piperazine rings is 1. The third-order valence-corrected chi connectivity index (χ3v) is 4.91. The Morgan fingerprint density at radius 1 is 1.27 bits per heavy atom. The molecule has 2 heterocycles. The summed E-state index contributed by atoms with van der Waals surface area (Å²) in [6.07, 6.45) is 0. The van der Waals surface area contributed by atoms with E-state index in [1.807, 2.05) is 23.6 Å². The lowest BCUT2D eigenvalue weighted by Gasteiger charge is -2.44. The number of aromatic nitrogens is 2. The Morgan fingerprint density at radius 3 is 2.50 bits per heavy atom. The number of amides is 2. The summed E-state index contributed by atoms with van der Waals surface area (Å²) < 4.78 is 5.02. The van der Waals surface area contributed by atoms with Crippen LogP contribution >= 0.6 is 11.8 Å². The third kappa shape index (κ3) is 3.79. The fourth-order valence-corrected chi connectivity index (χ4v) is 3.38. The molecular weight excluding hydrogens is 304 g/mol. The van der Waals surface area contributed by atoms with Crippen LogP contribution in [0.3, 0.4) is 0 Å². The van der Waals surface area contributed by atoms with Crippen LogP contribution in [-0.4, -0.2) is 62.7 Å². The molecule has 1 aromatic heterocycles. The highest BCUT2D eigenvalue weighted by Gasteiger charge is 2.34. The molecule has 122 valence electrons. The van der Waals surface area contributed by atoms with Crippen LogP contribution in [0.25, 0.3) is 0 Å². The van der Waals surface area contributed by atoms with Gasteiger partial charge in [-0.3, -0.25) is 9.59 Å². The molecule has 1 aliphatic rings. The Labute approximate surface area is 134 Å². The number of carbonyl (C=O) groups is 2. The van der Waals surface area contributed by atoms with Crippen molar-refractivity contribution in [3.8, 4) is 0 Å². The topological polar surface area (TPSA) is 79.5 Å². The maximum absolute atomic E-state index is 12.4. The Hall–Kier alpha value is -1.57. The predicted octanol–water partition coefficient (Wildman–Crippen LogP) is 1.08. The maximum atomic E-state index is 12.4. The molecule has 1 aliphatic heterocycles. The second-order valence-electron chi connectivity index (χ2n) is 5.51. The summed E-state index contributed by atoms with van der Waals surface area (Å²) in [6, 6.07) is 0.0650. The number of thioether (sulfide) groups is 1. The van der Waals surface area contributed by atoms with E-state index in [0.29, 0.717) is 36.3 Å². The van der Waals surface area contributed by atoms with Gasteiger partial charge in [-0.15, -0.1) is 11.8 Å². The lowest BCUT2D eigenvalue weighted by molar-refractivity contribution is -0.143. The Morgan fingerprint density at radius 2 is 1.91 bits per heavy atom. The van der Waals surface area contributed by atoms with Crippen molar-refractivity contribution in [1.82, 2.24) is 19.9 Å². The number of rotatable bonds is 4. The van der Waals surface area contributed by atoms with Gasteiger partial charge in [0, 0.05) is 32.1 Å². The van der Waals surface area contributed by atoms with Gasteiger partial charge in [0.2, 0.25) is 17.7 Å². The zero-order valence-corrected chi connectivity index (χ0v) is 14.2. The molecule has 0 unspecified atom stereocenters. The molecule has 8 heteroatoms. The van der Waals surface area contributed by atoms with E-state index in [1.54, 1.807) is 13.8 Å². The van der Waals surface area contributed by atoms with Crippen molar-refractivity contribution in [2.24, 2.45) is 0 Å². The molecule has 0 aliphatic carbocycles. The predicted molar refractivity (Wildman–Crippen MR) is 83.2 cm³/mol. The number of hydrogen-bond donors (Lipinski definition) is 0. The quantitative estimate of drug-likeness (QED) is 0.824. The van der Waals surface area contributed by atoms with Crippen molar-refractivity contribution in [2.75, 3.05) is 18.8 Å². The molecule has 2 amide bonds. The Kier molecular flexibility index (Phi) is 5.44. The van der Waals surface area contributed by atoms with Gasteiger partial charge in [-0.1, -0.05) is 5.16 Å². The number of nitrogens with zero attached hydrogens (tertiary/aromatic N) is 4. The second kappa shape index (κ2) is 7.13. The fraction of sp³-hybridized carbons (Fsp3) is 0.714. The van der Waals surface area contributed by atoms with Crippen LogP contribution in [0.1, 0.15) is 32.5 Å². The maximum Gasteiger partial charge on any atom is 0.236 e. The van der Waals surface area contributed by atoms with Crippen LogP contribution in [0.4, 0.5) is 0 Å². The summed E-state index contributed by atoms with van der Waals surface area (Å²) in [4.78, 5) is 31.7. The van der Waals surface area contributed by atoms with E-state index in [9.17, 15) is 9.59 Å². The number of hydrogen-bond acceptors (Lipinski definition) is 6. The first-order valence-electron chi connectivity index (χ1n) is 7.33. The minimum Gasteiger partial charge on any atom is -0.338 e. The van der Waals surface area contributed by atoms with E-state index < -0.39 is 0 Å². The molecule has 0 bridgehead atoms. The van der Waals surface area contributed by atoms with Gasteiger partial charge in [-0.05, 0) is 20.8 Å². The summed E-state index contributed by atoms with van der Waals surface area (Å²) in [5.41, 5.74) is 0. The average Bonchev–Trinajstić information content (AvgIpc) is 2.86. The number of carbonyl (C=O) groups excluding carboxylic acids is 2. The van der Waals surface area contributed by atoms with Crippen molar-refractivity contribution in [1.29, 1.82) is 0 Å². The molecule has 0 spiro atoms. The molecule has 1 aromatic rings. The van der Waals surface area contributed by atoms with Gasteiger partial charge in [-0.25, -0.2) is 0 Å². The van der Waals surface area contributed by atoms with E-state index in [0.717, 1.165) is 0 Å². The zero-order chi connectivity index (χ0) is 16.3. The standard InChI is InChI=1S/C14H22N4O3S/c1-9-10(2)18(6-5-17(9)12(4)19)14(20)8-22-7-13-15-11(3)16-21-13/h9-10H,5-8H2,1-4H3/t9-,10-/m1/s1. The summed E-state index contributed by atoms with van der Waals surface area (Å²) in [5.74, 6) is 2.20. The van der Waals surface area contributed by atoms with Crippen LogP contribution in [0.2, 0.25) is 0 Å². The van der Waals surface area contributed by atoms with Crippen LogP contribution in [0.15, 0.2) is 4.52 Å². The van der Waals surface area contributed by atoms with Gasteiger partial charge in [-0.2, -0.15) is 4.98 Å². The fourth-order valence-electron chi connectivity index (χ4n) is 2.65. The first kappa shape index (κ1) is 16.8. The highest BCUT2D eigenvalue weighted by atomic mass is 32.2. The average molecular weight is 326 g/mol. The van der Waals surface area contributed by atoms with Crippen LogP contribution in [0.5, 0.6) is 0 Å². The molecule has 0 radical (unpaired) electrons. The molecule has 0 N–H and O–H groups in total. The third-order valence-electron chi connectivity index (χ3n) is 4.01. The van der Waals surface area contributed by atoms with Crippen molar-refractivity contribution < 1.29 is 14.1 Å². The molecule has 0 saturated carbocycles. The smallest absolute Gasteiger partial charge is 0.236 e. The molecule has 22 heavy (non-hydrogen) atoms. The van der Waals surface area contributed by atoms with E-state index in [-0.39, 0.29) is 23.9 Å². The summed E-state index contributed by atoms with van der Waals surface area (Å²) in [5, 5.41) is 3.72.